The molecule has 0 bridgehead atoms. The summed E-state index contributed by atoms with van der Waals surface area (Å²) in [5.74, 6) is 0.346. The van der Waals surface area contributed by atoms with E-state index in [2.05, 4.69) is 177 Å². The van der Waals surface area contributed by atoms with Gasteiger partial charge in [0.05, 0.1) is 0 Å². The molecule has 236 valence electrons. The molecule has 0 saturated heterocycles. The lowest BCUT2D eigenvalue weighted by molar-refractivity contribution is 0.471. The molecule has 4 aromatic rings. The summed E-state index contributed by atoms with van der Waals surface area (Å²) in [6.45, 7) is 20.8. The largest absolute Gasteiger partial charge is 0.117 e. The number of hydrogen-bond acceptors (Lipinski definition) is 0. The average molecular weight is 605 g/mol. The zero-order valence-electron chi connectivity index (χ0n) is 29.6. The van der Waals surface area contributed by atoms with E-state index < -0.39 is 0 Å². The summed E-state index contributed by atoms with van der Waals surface area (Å²) in [6, 6.07) is 27.0. The lowest BCUT2D eigenvalue weighted by atomic mass is 9.79. The minimum Gasteiger partial charge on any atom is -0.117 e. The predicted molar refractivity (Wildman–Crippen MR) is 205 cm³/mol. The molecule has 1 aliphatic carbocycles. The van der Waals surface area contributed by atoms with Crippen LogP contribution in [0.2, 0.25) is 0 Å². The zero-order valence-corrected chi connectivity index (χ0v) is 29.6. The van der Waals surface area contributed by atoms with Crippen LogP contribution in [0.3, 0.4) is 0 Å². The van der Waals surface area contributed by atoms with Crippen LogP contribution in [0.25, 0.3) is 39.3 Å². The van der Waals surface area contributed by atoms with E-state index in [0.717, 1.165) is 19.3 Å². The van der Waals surface area contributed by atoms with Gasteiger partial charge in [0.25, 0.3) is 0 Å². The van der Waals surface area contributed by atoms with Gasteiger partial charge < -0.3 is 0 Å². The number of hydrogen-bond donors (Lipinski definition) is 0. The van der Waals surface area contributed by atoms with Gasteiger partial charge in [0.1, 0.15) is 0 Å². The van der Waals surface area contributed by atoms with Crippen molar-refractivity contribution < 1.29 is 0 Å². The number of fused-ring (bicyclic) bond motifs is 4. The van der Waals surface area contributed by atoms with Crippen molar-refractivity contribution in [1.82, 2.24) is 0 Å². The van der Waals surface area contributed by atoms with E-state index in [9.17, 15) is 0 Å². The quantitative estimate of drug-likeness (QED) is 0.145. The smallest absolute Gasteiger partial charge is 0.000698 e. The highest BCUT2D eigenvalue weighted by atomic mass is 14.3. The Morgan fingerprint density at radius 1 is 0.783 bits per heavy atom. The molecule has 0 aromatic heterocycles. The van der Waals surface area contributed by atoms with Gasteiger partial charge in [-0.05, 0) is 103 Å². The van der Waals surface area contributed by atoms with Gasteiger partial charge in [-0.1, -0.05) is 171 Å². The van der Waals surface area contributed by atoms with Crippen LogP contribution in [0.4, 0.5) is 0 Å². The van der Waals surface area contributed by atoms with E-state index in [1.54, 1.807) is 0 Å². The topological polar surface area (TPSA) is 0 Å². The lowest BCUT2D eigenvalue weighted by Gasteiger charge is -2.26. The van der Waals surface area contributed by atoms with Gasteiger partial charge in [-0.2, -0.15) is 0 Å². The summed E-state index contributed by atoms with van der Waals surface area (Å²) in [4.78, 5) is 0. The van der Waals surface area contributed by atoms with E-state index in [0.29, 0.717) is 5.92 Å². The Bertz CT molecular complexity index is 1930. The van der Waals surface area contributed by atoms with Crippen molar-refractivity contribution >= 4 is 39.3 Å². The van der Waals surface area contributed by atoms with E-state index in [-0.39, 0.29) is 10.8 Å². The second-order valence-corrected chi connectivity index (χ2v) is 14.9. The fourth-order valence-corrected chi connectivity index (χ4v) is 6.75. The molecule has 0 radical (unpaired) electrons. The first-order valence-corrected chi connectivity index (χ1v) is 17.2. The molecule has 1 unspecified atom stereocenters. The first-order chi connectivity index (χ1) is 21.9. The van der Waals surface area contributed by atoms with Crippen LogP contribution >= 0.6 is 0 Å². The molecule has 0 saturated carbocycles. The van der Waals surface area contributed by atoms with E-state index >= 15 is 0 Å². The van der Waals surface area contributed by atoms with Crippen molar-refractivity contribution in [2.75, 3.05) is 0 Å². The molecule has 0 heteroatoms. The van der Waals surface area contributed by atoms with Crippen molar-refractivity contribution in [2.45, 2.75) is 81.6 Å². The standard InChI is InChI=1S/C46H52/c1-10-18-37(45(4,5)6)31-38(46(7,8)9)23-16-14-22-36-29-34-20-12-13-21-35(34)30-43(36)44-39(11-2)32(3)25-27-41-40-24-17-15-19-33(40)26-28-42(41)44/h12-17,19-22,24-32H,10-11,18H2,1-9H3. The highest BCUT2D eigenvalue weighted by molar-refractivity contribution is 6.02. The zero-order chi connectivity index (χ0) is 33.1. The third-order valence-electron chi connectivity index (χ3n) is 9.45. The summed E-state index contributed by atoms with van der Waals surface area (Å²) < 4.78 is 0. The van der Waals surface area contributed by atoms with Gasteiger partial charge in [0, 0.05) is 0 Å². The SMILES string of the molecule is CCCC(=CC(=C=CC=Cc1cc2ccccc2cc1C1=C(CC)C(C)C=Cc2c1ccc1ccccc21)C(C)(C)C)C(C)(C)C. The fraction of sp³-hybridized carbons (Fsp3) is 0.326. The Balaban J connectivity index is 1.72. The maximum Gasteiger partial charge on any atom is -0.000698 e. The van der Waals surface area contributed by atoms with Crippen LogP contribution in [-0.4, -0.2) is 0 Å². The van der Waals surface area contributed by atoms with Gasteiger partial charge in [-0.25, -0.2) is 0 Å². The fourth-order valence-electron chi connectivity index (χ4n) is 6.75. The molecule has 0 nitrogen and oxygen atoms in total. The predicted octanol–water partition coefficient (Wildman–Crippen LogP) is 13.8. The van der Waals surface area contributed by atoms with Crippen LogP contribution in [-0.2, 0) is 0 Å². The van der Waals surface area contributed by atoms with E-state index in [1.807, 2.05) is 0 Å². The van der Waals surface area contributed by atoms with E-state index in [4.69, 9.17) is 0 Å². The Kier molecular flexibility index (Phi) is 9.91. The van der Waals surface area contributed by atoms with Gasteiger partial charge >= 0.3 is 0 Å². The molecule has 1 aliphatic rings. The Labute approximate surface area is 278 Å². The highest BCUT2D eigenvalue weighted by Gasteiger charge is 2.23. The summed E-state index contributed by atoms with van der Waals surface area (Å²) in [5, 5.41) is 5.12. The minimum absolute atomic E-state index is 0.000496. The molecular formula is C46H52. The molecule has 46 heavy (non-hydrogen) atoms. The summed E-state index contributed by atoms with van der Waals surface area (Å²) >= 11 is 0. The van der Waals surface area contributed by atoms with Crippen LogP contribution in [0.15, 0.2) is 120 Å². The Morgan fingerprint density at radius 2 is 1.46 bits per heavy atom. The second-order valence-electron chi connectivity index (χ2n) is 14.9. The van der Waals surface area contributed by atoms with Crippen molar-refractivity contribution in [3.05, 3.63) is 142 Å². The van der Waals surface area contributed by atoms with Crippen molar-refractivity contribution in [1.29, 1.82) is 0 Å². The Hall–Kier alpha value is -4.12. The van der Waals surface area contributed by atoms with Crippen molar-refractivity contribution in [3.63, 3.8) is 0 Å². The van der Waals surface area contributed by atoms with Crippen molar-refractivity contribution in [3.8, 4) is 0 Å². The molecule has 0 fully saturated rings. The monoisotopic (exact) mass is 604 g/mol. The van der Waals surface area contributed by atoms with Gasteiger partial charge in [0.15, 0.2) is 0 Å². The van der Waals surface area contributed by atoms with Gasteiger partial charge in [-0.15, -0.1) is 5.73 Å². The van der Waals surface area contributed by atoms with Crippen molar-refractivity contribution in [2.24, 2.45) is 16.7 Å². The molecule has 4 aromatic carbocycles. The summed E-state index contributed by atoms with van der Waals surface area (Å²) in [5.41, 5.74) is 14.6. The molecule has 0 heterocycles. The average Bonchev–Trinajstić information content (AvgIpc) is 3.16. The minimum atomic E-state index is -0.000496. The van der Waals surface area contributed by atoms with E-state index in [1.165, 1.54) is 66.1 Å². The number of rotatable bonds is 7. The highest BCUT2D eigenvalue weighted by Crippen LogP contribution is 2.42. The number of benzene rings is 4. The third kappa shape index (κ3) is 7.14. The molecular weight excluding hydrogens is 553 g/mol. The molecule has 0 amide bonds. The summed E-state index contributed by atoms with van der Waals surface area (Å²) in [7, 11) is 0. The third-order valence-corrected chi connectivity index (χ3v) is 9.45. The maximum absolute atomic E-state index is 3.71. The van der Waals surface area contributed by atoms with Crippen LogP contribution < -0.4 is 0 Å². The molecule has 1 atom stereocenters. The second kappa shape index (κ2) is 13.7. The van der Waals surface area contributed by atoms with Gasteiger partial charge in [-0.3, -0.25) is 0 Å². The molecule has 0 aliphatic heterocycles. The normalized spacial score (nSPS) is 15.8. The van der Waals surface area contributed by atoms with Crippen LogP contribution in [0, 0.1) is 16.7 Å². The lowest BCUT2D eigenvalue weighted by Crippen LogP contribution is -2.13. The number of allylic oxidation sites excluding steroid dienone is 6. The Morgan fingerprint density at radius 3 is 2.11 bits per heavy atom. The molecule has 5 rings (SSSR count). The molecule has 0 spiro atoms. The maximum atomic E-state index is 3.71. The first-order valence-electron chi connectivity index (χ1n) is 17.2. The van der Waals surface area contributed by atoms with Gasteiger partial charge in [0.2, 0.25) is 0 Å². The first kappa shape index (κ1) is 33.2. The molecule has 0 N–H and O–H groups in total. The summed E-state index contributed by atoms with van der Waals surface area (Å²) in [6.07, 6.45) is 17.0. The van der Waals surface area contributed by atoms with Crippen LogP contribution in [0.1, 0.15) is 104 Å². The van der Waals surface area contributed by atoms with Crippen LogP contribution in [0.5, 0.6) is 0 Å².